The van der Waals surface area contributed by atoms with Gasteiger partial charge in [0, 0.05) is 35.7 Å². The SMILES string of the molecule is Nc1cccc(-c2nc(Nc3ccc(N4CCOCC4)cc3)c3ncn(Cc4ccc(C(F)(F)F)cc4)c3n2)c1. The van der Waals surface area contributed by atoms with E-state index in [1.54, 1.807) is 23.0 Å². The Morgan fingerprint density at radius 1 is 0.925 bits per heavy atom. The number of ether oxygens (including phenoxy) is 1. The number of anilines is 4. The Hall–Kier alpha value is -4.64. The Bertz CT molecular complexity index is 1630. The first-order valence-electron chi connectivity index (χ1n) is 12.8. The van der Waals surface area contributed by atoms with Crippen molar-refractivity contribution in [2.45, 2.75) is 12.7 Å². The van der Waals surface area contributed by atoms with E-state index in [2.05, 4.69) is 15.2 Å². The Morgan fingerprint density at radius 3 is 2.38 bits per heavy atom. The average Bonchev–Trinajstić information content (AvgIpc) is 3.36. The maximum atomic E-state index is 13.0. The van der Waals surface area contributed by atoms with Crippen molar-refractivity contribution in [2.75, 3.05) is 42.3 Å². The third kappa shape index (κ3) is 5.41. The van der Waals surface area contributed by atoms with Crippen LogP contribution in [0.3, 0.4) is 0 Å². The summed E-state index contributed by atoms with van der Waals surface area (Å²) in [7, 11) is 0. The van der Waals surface area contributed by atoms with Crippen LogP contribution in [-0.4, -0.2) is 45.8 Å². The molecule has 1 aliphatic rings. The number of rotatable bonds is 6. The summed E-state index contributed by atoms with van der Waals surface area (Å²) < 4.78 is 46.3. The first kappa shape index (κ1) is 25.6. The summed E-state index contributed by atoms with van der Waals surface area (Å²) in [6.07, 6.45) is -2.77. The molecule has 0 unspecified atom stereocenters. The predicted octanol–water partition coefficient (Wildman–Crippen LogP) is 5.72. The molecule has 11 heteroatoms. The molecule has 0 radical (unpaired) electrons. The lowest BCUT2D eigenvalue weighted by molar-refractivity contribution is -0.137. The average molecular weight is 546 g/mol. The van der Waals surface area contributed by atoms with Crippen LogP contribution in [-0.2, 0) is 17.5 Å². The fourth-order valence-electron chi connectivity index (χ4n) is 4.66. The highest BCUT2D eigenvalue weighted by Gasteiger charge is 2.30. The van der Waals surface area contributed by atoms with Gasteiger partial charge in [-0.1, -0.05) is 24.3 Å². The summed E-state index contributed by atoms with van der Waals surface area (Å²) in [5.74, 6) is 0.953. The summed E-state index contributed by atoms with van der Waals surface area (Å²) in [5.41, 5.74) is 10.3. The van der Waals surface area contributed by atoms with Gasteiger partial charge >= 0.3 is 6.18 Å². The van der Waals surface area contributed by atoms with Crippen molar-refractivity contribution in [3.8, 4) is 11.4 Å². The van der Waals surface area contributed by atoms with Crippen LogP contribution in [0.25, 0.3) is 22.6 Å². The van der Waals surface area contributed by atoms with Gasteiger partial charge < -0.3 is 25.3 Å². The lowest BCUT2D eigenvalue weighted by Crippen LogP contribution is -2.36. The number of nitrogen functional groups attached to an aromatic ring is 1. The molecule has 6 rings (SSSR count). The Balaban J connectivity index is 1.35. The summed E-state index contributed by atoms with van der Waals surface area (Å²) in [6, 6.07) is 20.4. The third-order valence-corrected chi connectivity index (χ3v) is 6.75. The third-order valence-electron chi connectivity index (χ3n) is 6.75. The number of nitrogens with two attached hydrogens (primary N) is 1. The van der Waals surface area contributed by atoms with E-state index >= 15 is 0 Å². The molecule has 0 amide bonds. The molecule has 0 atom stereocenters. The molecule has 3 N–H and O–H groups in total. The lowest BCUT2D eigenvalue weighted by atomic mass is 10.1. The summed E-state index contributed by atoms with van der Waals surface area (Å²) in [5, 5.41) is 3.38. The zero-order valence-corrected chi connectivity index (χ0v) is 21.4. The van der Waals surface area contributed by atoms with Crippen molar-refractivity contribution in [1.29, 1.82) is 0 Å². The molecule has 0 saturated carbocycles. The quantitative estimate of drug-likeness (QED) is 0.264. The maximum Gasteiger partial charge on any atom is 0.416 e. The van der Waals surface area contributed by atoms with Crippen LogP contribution in [0.4, 0.5) is 36.1 Å². The van der Waals surface area contributed by atoms with Crippen LogP contribution in [0.5, 0.6) is 0 Å². The number of imidazole rings is 1. The molecule has 8 nitrogen and oxygen atoms in total. The summed E-state index contributed by atoms with van der Waals surface area (Å²) >= 11 is 0. The molecule has 3 heterocycles. The number of benzene rings is 3. The largest absolute Gasteiger partial charge is 0.416 e. The van der Waals surface area contributed by atoms with Crippen molar-refractivity contribution < 1.29 is 17.9 Å². The standard InChI is InChI=1S/C29H26F3N7O/c30-29(31,32)21-6-4-19(5-7-21)17-39-18-34-25-27(36-26(37-28(25)39)20-2-1-3-22(33)16-20)35-23-8-10-24(11-9-23)38-12-14-40-15-13-38/h1-11,16,18H,12-15,17,33H2,(H,35,36,37). The van der Waals surface area contributed by atoms with Crippen LogP contribution >= 0.6 is 0 Å². The Morgan fingerprint density at radius 2 is 1.68 bits per heavy atom. The molecule has 1 aliphatic heterocycles. The number of hydrogen-bond donors (Lipinski definition) is 2. The van der Waals surface area contributed by atoms with E-state index in [4.69, 9.17) is 20.4 Å². The summed E-state index contributed by atoms with van der Waals surface area (Å²) in [6.45, 7) is 3.40. The molecule has 5 aromatic rings. The van der Waals surface area contributed by atoms with Gasteiger partial charge in [-0.15, -0.1) is 0 Å². The first-order chi connectivity index (χ1) is 19.3. The highest BCUT2D eigenvalue weighted by atomic mass is 19.4. The molecule has 2 aromatic heterocycles. The fourth-order valence-corrected chi connectivity index (χ4v) is 4.66. The van der Waals surface area contributed by atoms with Crippen LogP contribution in [0, 0.1) is 0 Å². The van der Waals surface area contributed by atoms with Gasteiger partial charge in [-0.3, -0.25) is 0 Å². The predicted molar refractivity (Wildman–Crippen MR) is 148 cm³/mol. The molecule has 204 valence electrons. The number of halogens is 3. The van der Waals surface area contributed by atoms with Crippen molar-refractivity contribution in [3.63, 3.8) is 0 Å². The maximum absolute atomic E-state index is 13.0. The number of alkyl halides is 3. The molecule has 0 bridgehead atoms. The van der Waals surface area contributed by atoms with E-state index in [-0.39, 0.29) is 6.54 Å². The molecular formula is C29H26F3N7O. The monoisotopic (exact) mass is 545 g/mol. The van der Waals surface area contributed by atoms with E-state index in [9.17, 15) is 13.2 Å². The van der Waals surface area contributed by atoms with Crippen LogP contribution in [0.2, 0.25) is 0 Å². The highest BCUT2D eigenvalue weighted by Crippen LogP contribution is 2.31. The Labute approximate surface area is 228 Å². The highest BCUT2D eigenvalue weighted by molar-refractivity contribution is 5.87. The molecule has 40 heavy (non-hydrogen) atoms. The smallest absolute Gasteiger partial charge is 0.399 e. The van der Waals surface area contributed by atoms with E-state index < -0.39 is 11.7 Å². The second-order valence-electron chi connectivity index (χ2n) is 9.53. The van der Waals surface area contributed by atoms with Crippen molar-refractivity contribution in [2.24, 2.45) is 0 Å². The minimum atomic E-state index is -4.39. The number of fused-ring (bicyclic) bond motifs is 1. The Kier molecular flexibility index (Phi) is 6.72. The molecule has 3 aromatic carbocycles. The van der Waals surface area contributed by atoms with E-state index in [1.165, 1.54) is 12.1 Å². The zero-order chi connectivity index (χ0) is 27.7. The number of hydrogen-bond acceptors (Lipinski definition) is 7. The van der Waals surface area contributed by atoms with Gasteiger partial charge in [0.05, 0.1) is 31.6 Å². The van der Waals surface area contributed by atoms with Crippen molar-refractivity contribution in [1.82, 2.24) is 19.5 Å². The van der Waals surface area contributed by atoms with Crippen molar-refractivity contribution >= 4 is 34.0 Å². The minimum absolute atomic E-state index is 0.287. The van der Waals surface area contributed by atoms with Gasteiger partial charge in [0.15, 0.2) is 22.8 Å². The minimum Gasteiger partial charge on any atom is -0.399 e. The fraction of sp³-hybridized carbons (Fsp3) is 0.207. The normalized spacial score (nSPS) is 14.0. The number of aromatic nitrogens is 4. The first-order valence-corrected chi connectivity index (χ1v) is 12.8. The number of morpholine rings is 1. The topological polar surface area (TPSA) is 94.1 Å². The van der Waals surface area contributed by atoms with Crippen molar-refractivity contribution in [3.05, 3.63) is 90.3 Å². The van der Waals surface area contributed by atoms with Crippen LogP contribution in [0.15, 0.2) is 79.1 Å². The van der Waals surface area contributed by atoms with Gasteiger partial charge in [-0.05, 0) is 54.1 Å². The molecular weight excluding hydrogens is 519 g/mol. The summed E-state index contributed by atoms with van der Waals surface area (Å²) in [4.78, 5) is 16.4. The van der Waals surface area contributed by atoms with Gasteiger partial charge in [0.25, 0.3) is 0 Å². The van der Waals surface area contributed by atoms with Crippen LogP contribution < -0.4 is 16.0 Å². The number of nitrogens with zero attached hydrogens (tertiary/aromatic N) is 5. The molecule has 0 aliphatic carbocycles. The van der Waals surface area contributed by atoms with E-state index in [0.29, 0.717) is 47.3 Å². The molecule has 1 fully saturated rings. The zero-order valence-electron chi connectivity index (χ0n) is 21.4. The molecule has 0 spiro atoms. The van der Waals surface area contributed by atoms with Gasteiger partial charge in [-0.25, -0.2) is 15.0 Å². The van der Waals surface area contributed by atoms with E-state index in [0.717, 1.165) is 42.2 Å². The van der Waals surface area contributed by atoms with Gasteiger partial charge in [-0.2, -0.15) is 13.2 Å². The second-order valence-corrected chi connectivity index (χ2v) is 9.53. The number of nitrogens with one attached hydrogen (secondary N) is 1. The van der Waals surface area contributed by atoms with E-state index in [1.807, 2.05) is 36.4 Å². The lowest BCUT2D eigenvalue weighted by Gasteiger charge is -2.28. The molecule has 1 saturated heterocycles. The second kappa shape index (κ2) is 10.5. The van der Waals surface area contributed by atoms with Gasteiger partial charge in [0.2, 0.25) is 0 Å². The van der Waals surface area contributed by atoms with Gasteiger partial charge in [0.1, 0.15) is 0 Å². The van der Waals surface area contributed by atoms with Crippen LogP contribution in [0.1, 0.15) is 11.1 Å².